The maximum atomic E-state index is 13.2. The second-order valence-corrected chi connectivity index (χ2v) is 7.08. The van der Waals surface area contributed by atoms with Crippen molar-refractivity contribution >= 4 is 16.8 Å². The molecule has 1 fully saturated rings. The number of nitrogens with one attached hydrogen (secondary N) is 1. The van der Waals surface area contributed by atoms with Gasteiger partial charge >= 0.3 is 0 Å². The third-order valence-electron chi connectivity index (χ3n) is 5.05. The fraction of sp³-hybridized carbons (Fsp3) is 0.318. The lowest BCUT2D eigenvalue weighted by Crippen LogP contribution is -2.37. The lowest BCUT2D eigenvalue weighted by Gasteiger charge is -2.25. The summed E-state index contributed by atoms with van der Waals surface area (Å²) in [5.74, 6) is 0.906. The van der Waals surface area contributed by atoms with Gasteiger partial charge in [0.05, 0.1) is 30.7 Å². The van der Waals surface area contributed by atoms with Crippen LogP contribution in [0.2, 0.25) is 0 Å². The predicted octanol–water partition coefficient (Wildman–Crippen LogP) is 2.75. The molecule has 0 spiro atoms. The lowest BCUT2D eigenvalue weighted by atomic mass is 10.1. The molecular weight excluding hydrogens is 370 g/mol. The molecule has 1 saturated heterocycles. The number of benzene rings is 2. The molecule has 7 heteroatoms. The number of H-pyrrole nitrogens is 1. The maximum absolute atomic E-state index is 13.2. The van der Waals surface area contributed by atoms with E-state index in [1.807, 2.05) is 6.07 Å². The number of carbonyl (C=O) groups is 1. The van der Waals surface area contributed by atoms with Gasteiger partial charge in [-0.25, -0.2) is 4.98 Å². The van der Waals surface area contributed by atoms with Gasteiger partial charge in [0.25, 0.3) is 11.5 Å². The van der Waals surface area contributed by atoms with E-state index in [4.69, 9.17) is 9.47 Å². The number of para-hydroxylation sites is 1. The van der Waals surface area contributed by atoms with Crippen molar-refractivity contribution in [1.29, 1.82) is 0 Å². The van der Waals surface area contributed by atoms with Crippen LogP contribution in [0.3, 0.4) is 0 Å². The first kappa shape index (κ1) is 19.1. The van der Waals surface area contributed by atoms with E-state index >= 15 is 0 Å². The lowest BCUT2D eigenvalue weighted by molar-refractivity contribution is 0.0501. The van der Waals surface area contributed by atoms with Crippen molar-refractivity contribution in [2.24, 2.45) is 0 Å². The van der Waals surface area contributed by atoms with E-state index in [-0.39, 0.29) is 24.1 Å². The van der Waals surface area contributed by atoms with E-state index in [9.17, 15) is 9.59 Å². The van der Waals surface area contributed by atoms with Crippen LogP contribution in [-0.4, -0.2) is 47.1 Å². The Morgan fingerprint density at radius 2 is 2.14 bits per heavy atom. The van der Waals surface area contributed by atoms with Crippen LogP contribution in [0.25, 0.3) is 10.9 Å². The van der Waals surface area contributed by atoms with Crippen LogP contribution in [0.15, 0.2) is 53.3 Å². The molecule has 1 atom stereocenters. The summed E-state index contributed by atoms with van der Waals surface area (Å²) in [4.78, 5) is 34.7. The SMILES string of the molecule is COc1cccc(C(=O)N(Cc2nc3ccccc3c(=O)[nH]2)C[C@H]2CCCO2)c1. The summed E-state index contributed by atoms with van der Waals surface area (Å²) in [6, 6.07) is 14.2. The standard InChI is InChI=1S/C22H23N3O4/c1-28-16-7-4-6-15(12-16)22(27)25(13-17-8-5-11-29-17)14-20-23-19-10-3-2-9-18(19)21(26)24-20/h2-4,6-7,9-10,12,17H,5,8,11,13-14H2,1H3,(H,23,24,26)/t17-/m1/s1. The van der Waals surface area contributed by atoms with Gasteiger partial charge in [0.2, 0.25) is 0 Å². The van der Waals surface area contributed by atoms with E-state index in [0.29, 0.717) is 41.2 Å². The van der Waals surface area contributed by atoms with Crippen molar-refractivity contribution < 1.29 is 14.3 Å². The van der Waals surface area contributed by atoms with Crippen LogP contribution in [0, 0.1) is 0 Å². The smallest absolute Gasteiger partial charge is 0.258 e. The monoisotopic (exact) mass is 393 g/mol. The Bertz CT molecular complexity index is 1070. The first-order valence-electron chi connectivity index (χ1n) is 9.67. The highest BCUT2D eigenvalue weighted by molar-refractivity contribution is 5.94. The van der Waals surface area contributed by atoms with E-state index in [1.54, 1.807) is 54.5 Å². The average molecular weight is 393 g/mol. The molecule has 0 saturated carbocycles. The third-order valence-corrected chi connectivity index (χ3v) is 5.05. The fourth-order valence-electron chi connectivity index (χ4n) is 3.58. The first-order valence-corrected chi connectivity index (χ1v) is 9.67. The number of methoxy groups -OCH3 is 1. The Labute approximate surface area is 168 Å². The molecule has 2 aromatic carbocycles. The van der Waals surface area contributed by atoms with Gasteiger partial charge in [-0.15, -0.1) is 0 Å². The van der Waals surface area contributed by atoms with Crippen molar-refractivity contribution in [1.82, 2.24) is 14.9 Å². The number of hydrogen-bond acceptors (Lipinski definition) is 5. The first-order chi connectivity index (χ1) is 14.1. The Kier molecular flexibility index (Phi) is 5.57. The summed E-state index contributed by atoms with van der Waals surface area (Å²) < 4.78 is 11.0. The van der Waals surface area contributed by atoms with E-state index < -0.39 is 0 Å². The van der Waals surface area contributed by atoms with E-state index in [2.05, 4.69) is 9.97 Å². The van der Waals surface area contributed by atoms with Crippen LogP contribution >= 0.6 is 0 Å². The van der Waals surface area contributed by atoms with Gasteiger partial charge in [-0.1, -0.05) is 18.2 Å². The minimum absolute atomic E-state index is 0.0169. The molecule has 1 aliphatic rings. The van der Waals surface area contributed by atoms with Crippen molar-refractivity contribution in [3.63, 3.8) is 0 Å². The molecule has 1 aromatic heterocycles. The summed E-state index contributed by atoms with van der Waals surface area (Å²) in [5.41, 5.74) is 0.916. The number of fused-ring (bicyclic) bond motifs is 1. The van der Waals surface area contributed by atoms with Gasteiger partial charge in [0, 0.05) is 18.7 Å². The molecule has 29 heavy (non-hydrogen) atoms. The summed E-state index contributed by atoms with van der Waals surface area (Å²) in [5, 5.41) is 0.529. The average Bonchev–Trinajstić information content (AvgIpc) is 3.26. The fourth-order valence-corrected chi connectivity index (χ4v) is 3.58. The number of amides is 1. The van der Waals surface area contributed by atoms with E-state index in [1.165, 1.54) is 0 Å². The summed E-state index contributed by atoms with van der Waals surface area (Å²) in [6.45, 7) is 1.33. The number of ether oxygens (including phenoxy) is 2. The van der Waals surface area contributed by atoms with Gasteiger partial charge in [0.1, 0.15) is 11.6 Å². The Morgan fingerprint density at radius 3 is 2.93 bits per heavy atom. The zero-order valence-corrected chi connectivity index (χ0v) is 16.3. The molecule has 0 unspecified atom stereocenters. The molecular formula is C22H23N3O4. The predicted molar refractivity (Wildman–Crippen MR) is 109 cm³/mol. The summed E-state index contributed by atoms with van der Waals surface area (Å²) >= 11 is 0. The van der Waals surface area contributed by atoms with Gasteiger partial charge in [-0.2, -0.15) is 0 Å². The number of carbonyl (C=O) groups excluding carboxylic acids is 1. The molecule has 150 valence electrons. The van der Waals surface area contributed by atoms with Crippen molar-refractivity contribution in [2.75, 3.05) is 20.3 Å². The minimum atomic E-state index is -0.212. The maximum Gasteiger partial charge on any atom is 0.258 e. The third kappa shape index (κ3) is 4.30. The second-order valence-electron chi connectivity index (χ2n) is 7.08. The van der Waals surface area contributed by atoms with Crippen molar-refractivity contribution in [2.45, 2.75) is 25.5 Å². The number of nitrogens with zero attached hydrogens (tertiary/aromatic N) is 2. The molecule has 3 aromatic rings. The highest BCUT2D eigenvalue weighted by Gasteiger charge is 2.24. The molecule has 4 rings (SSSR count). The number of rotatable bonds is 6. The molecule has 2 heterocycles. The molecule has 1 N–H and O–H groups in total. The van der Waals surface area contributed by atoms with Gasteiger partial charge in [-0.05, 0) is 43.2 Å². The number of aromatic amines is 1. The van der Waals surface area contributed by atoms with Gasteiger partial charge in [-0.3, -0.25) is 9.59 Å². The largest absolute Gasteiger partial charge is 0.497 e. The van der Waals surface area contributed by atoms with E-state index in [0.717, 1.165) is 12.8 Å². The molecule has 0 aliphatic carbocycles. The van der Waals surface area contributed by atoms with Crippen molar-refractivity contribution in [3.05, 3.63) is 70.3 Å². The minimum Gasteiger partial charge on any atom is -0.497 e. The highest BCUT2D eigenvalue weighted by Crippen LogP contribution is 2.19. The van der Waals surface area contributed by atoms with Crippen LogP contribution in [0.5, 0.6) is 5.75 Å². The molecule has 7 nitrogen and oxygen atoms in total. The molecule has 1 aliphatic heterocycles. The summed E-state index contributed by atoms with van der Waals surface area (Å²) in [6.07, 6.45) is 1.87. The highest BCUT2D eigenvalue weighted by atomic mass is 16.5. The van der Waals surface area contributed by atoms with Gasteiger partial charge in [0.15, 0.2) is 0 Å². The molecule has 0 radical (unpaired) electrons. The Morgan fingerprint density at radius 1 is 1.28 bits per heavy atom. The topological polar surface area (TPSA) is 84.5 Å². The zero-order valence-electron chi connectivity index (χ0n) is 16.3. The Balaban J connectivity index is 1.65. The number of aromatic nitrogens is 2. The quantitative estimate of drug-likeness (QED) is 0.696. The summed E-state index contributed by atoms with van der Waals surface area (Å²) in [7, 11) is 1.57. The van der Waals surface area contributed by atoms with Crippen LogP contribution in [0.1, 0.15) is 29.0 Å². The van der Waals surface area contributed by atoms with Crippen LogP contribution in [-0.2, 0) is 11.3 Å². The zero-order chi connectivity index (χ0) is 20.2. The molecule has 0 bridgehead atoms. The van der Waals surface area contributed by atoms with Gasteiger partial charge < -0.3 is 19.4 Å². The normalized spacial score (nSPS) is 16.1. The molecule has 1 amide bonds. The number of hydrogen-bond donors (Lipinski definition) is 1. The second kappa shape index (κ2) is 8.45. The van der Waals surface area contributed by atoms with Crippen molar-refractivity contribution in [3.8, 4) is 5.75 Å². The van der Waals surface area contributed by atoms with Crippen LogP contribution in [0.4, 0.5) is 0 Å². The Hall–Kier alpha value is -3.19. The van der Waals surface area contributed by atoms with Crippen LogP contribution < -0.4 is 10.3 Å².